The molecule has 2 aliphatic rings. The van der Waals surface area contributed by atoms with Gasteiger partial charge in [-0.15, -0.1) is 0 Å². The van der Waals surface area contributed by atoms with E-state index in [0.29, 0.717) is 6.54 Å². The summed E-state index contributed by atoms with van der Waals surface area (Å²) in [5.41, 5.74) is 2.66. The average Bonchev–Trinajstić information content (AvgIpc) is 3.26. The van der Waals surface area contributed by atoms with Gasteiger partial charge in [0.2, 0.25) is 0 Å². The summed E-state index contributed by atoms with van der Waals surface area (Å²) in [6.07, 6.45) is 8.45. The first-order valence-corrected chi connectivity index (χ1v) is 10.8. The lowest BCUT2D eigenvalue weighted by atomic mass is 9.98. The van der Waals surface area contributed by atoms with Gasteiger partial charge in [0.15, 0.2) is 5.96 Å². The Hall–Kier alpha value is -2.01. The monoisotopic (exact) mass is 383 g/mol. The number of benzene rings is 1. The van der Waals surface area contributed by atoms with Crippen LogP contribution in [0.25, 0.3) is 0 Å². The van der Waals surface area contributed by atoms with Crippen LogP contribution in [-0.4, -0.2) is 55.7 Å². The summed E-state index contributed by atoms with van der Waals surface area (Å²) in [4.78, 5) is 9.78. The Morgan fingerprint density at radius 1 is 1.00 bits per heavy atom. The standard InChI is InChI=1S/C23H37N5/c1-4-24-22(26-19-23(2,3)28-16-6-5-7-17-28)25-18-20-10-12-21(13-11-20)27-14-8-9-15-27/h8-13H,4-7,14-19H2,1-3H3,(H2,24,25,26). The minimum absolute atomic E-state index is 0.141. The molecule has 3 rings (SSSR count). The van der Waals surface area contributed by atoms with Crippen LogP contribution in [0.3, 0.4) is 0 Å². The van der Waals surface area contributed by atoms with Gasteiger partial charge in [0, 0.05) is 37.4 Å². The number of guanidine groups is 1. The van der Waals surface area contributed by atoms with Crippen molar-refractivity contribution in [1.82, 2.24) is 15.5 Å². The molecule has 1 aromatic carbocycles. The van der Waals surface area contributed by atoms with Gasteiger partial charge in [0.1, 0.15) is 0 Å². The molecule has 0 aromatic heterocycles. The highest BCUT2D eigenvalue weighted by molar-refractivity contribution is 5.79. The molecule has 0 radical (unpaired) electrons. The maximum atomic E-state index is 4.81. The van der Waals surface area contributed by atoms with Crippen LogP contribution in [-0.2, 0) is 6.54 Å². The molecule has 1 fully saturated rings. The number of nitrogens with one attached hydrogen (secondary N) is 2. The van der Waals surface area contributed by atoms with Gasteiger partial charge in [-0.25, -0.2) is 4.99 Å². The molecule has 28 heavy (non-hydrogen) atoms. The summed E-state index contributed by atoms with van der Waals surface area (Å²) < 4.78 is 0. The van der Waals surface area contributed by atoms with Crippen molar-refractivity contribution in [2.45, 2.75) is 52.1 Å². The van der Waals surface area contributed by atoms with Crippen molar-refractivity contribution in [2.24, 2.45) is 4.99 Å². The van der Waals surface area contributed by atoms with Crippen molar-refractivity contribution in [3.8, 4) is 0 Å². The number of aliphatic imine (C=N–C) groups is 1. The fraction of sp³-hybridized carbons (Fsp3) is 0.609. The molecule has 0 spiro atoms. The molecule has 5 nitrogen and oxygen atoms in total. The molecular weight excluding hydrogens is 346 g/mol. The Kier molecular flexibility index (Phi) is 7.37. The van der Waals surface area contributed by atoms with Crippen LogP contribution in [0.4, 0.5) is 5.69 Å². The quantitative estimate of drug-likeness (QED) is 0.430. The lowest BCUT2D eigenvalue weighted by Crippen LogP contribution is -2.54. The fourth-order valence-corrected chi connectivity index (χ4v) is 3.92. The van der Waals surface area contributed by atoms with Gasteiger partial charge in [-0.05, 0) is 64.4 Å². The van der Waals surface area contributed by atoms with E-state index in [-0.39, 0.29) is 5.54 Å². The van der Waals surface area contributed by atoms with Crippen LogP contribution in [0.5, 0.6) is 0 Å². The molecule has 5 heteroatoms. The first kappa shape index (κ1) is 20.7. The number of rotatable bonds is 7. The molecule has 0 atom stereocenters. The predicted molar refractivity (Wildman–Crippen MR) is 120 cm³/mol. The van der Waals surface area contributed by atoms with E-state index in [1.807, 2.05) is 0 Å². The highest BCUT2D eigenvalue weighted by Crippen LogP contribution is 2.20. The molecule has 2 N–H and O–H groups in total. The molecule has 1 saturated heterocycles. The Morgan fingerprint density at radius 3 is 2.32 bits per heavy atom. The summed E-state index contributed by atoms with van der Waals surface area (Å²) in [5.74, 6) is 0.903. The number of piperidine rings is 1. The van der Waals surface area contributed by atoms with Crippen LogP contribution < -0.4 is 15.5 Å². The lowest BCUT2D eigenvalue weighted by Gasteiger charge is -2.41. The van der Waals surface area contributed by atoms with Crippen LogP contribution in [0.15, 0.2) is 41.4 Å². The van der Waals surface area contributed by atoms with E-state index in [2.05, 4.69) is 77.6 Å². The molecule has 0 aliphatic carbocycles. The van der Waals surface area contributed by atoms with E-state index < -0.39 is 0 Å². The van der Waals surface area contributed by atoms with Crippen LogP contribution in [0.1, 0.15) is 45.6 Å². The zero-order valence-corrected chi connectivity index (χ0v) is 17.9. The smallest absolute Gasteiger partial charge is 0.191 e. The van der Waals surface area contributed by atoms with Gasteiger partial charge in [-0.2, -0.15) is 0 Å². The van der Waals surface area contributed by atoms with Gasteiger partial charge in [-0.3, -0.25) is 4.90 Å². The zero-order chi connectivity index (χ0) is 19.8. The Bertz CT molecular complexity index is 648. The van der Waals surface area contributed by atoms with Crippen molar-refractivity contribution >= 4 is 11.6 Å². The van der Waals surface area contributed by atoms with E-state index in [1.165, 1.54) is 43.6 Å². The fourth-order valence-electron chi connectivity index (χ4n) is 3.92. The molecule has 1 aromatic rings. The third-order valence-electron chi connectivity index (χ3n) is 5.78. The molecule has 0 unspecified atom stereocenters. The van der Waals surface area contributed by atoms with E-state index in [0.717, 1.165) is 32.1 Å². The first-order valence-electron chi connectivity index (χ1n) is 10.8. The molecular formula is C23H37N5. The maximum absolute atomic E-state index is 4.81. The molecule has 154 valence electrons. The van der Waals surface area contributed by atoms with E-state index in [1.54, 1.807) is 0 Å². The lowest BCUT2D eigenvalue weighted by molar-refractivity contribution is 0.0982. The molecule has 0 bridgehead atoms. The largest absolute Gasteiger partial charge is 0.364 e. The molecule has 2 aliphatic heterocycles. The second-order valence-electron chi connectivity index (χ2n) is 8.45. The van der Waals surface area contributed by atoms with Crippen LogP contribution >= 0.6 is 0 Å². The SMILES string of the molecule is CCNC(=NCc1ccc(N2CC=CC2)cc1)NCC(C)(C)N1CCCCC1. The number of likely N-dealkylation sites (tertiary alicyclic amines) is 1. The van der Waals surface area contributed by atoms with Crippen molar-refractivity contribution in [1.29, 1.82) is 0 Å². The van der Waals surface area contributed by atoms with Gasteiger partial charge >= 0.3 is 0 Å². The minimum Gasteiger partial charge on any atom is -0.364 e. The van der Waals surface area contributed by atoms with Gasteiger partial charge < -0.3 is 15.5 Å². The number of anilines is 1. The first-order chi connectivity index (χ1) is 13.6. The Labute approximate surface area is 170 Å². The van der Waals surface area contributed by atoms with E-state index in [4.69, 9.17) is 4.99 Å². The maximum Gasteiger partial charge on any atom is 0.191 e. The van der Waals surface area contributed by atoms with Crippen LogP contribution in [0.2, 0.25) is 0 Å². The second kappa shape index (κ2) is 9.97. The van der Waals surface area contributed by atoms with Crippen molar-refractivity contribution < 1.29 is 0 Å². The molecule has 0 amide bonds. The number of nitrogens with zero attached hydrogens (tertiary/aromatic N) is 3. The predicted octanol–water partition coefficient (Wildman–Crippen LogP) is 3.38. The summed E-state index contributed by atoms with van der Waals surface area (Å²) >= 11 is 0. The summed E-state index contributed by atoms with van der Waals surface area (Å²) in [6, 6.07) is 8.80. The summed E-state index contributed by atoms with van der Waals surface area (Å²) in [7, 11) is 0. The molecule has 0 saturated carbocycles. The van der Waals surface area contributed by atoms with E-state index >= 15 is 0 Å². The highest BCUT2D eigenvalue weighted by atomic mass is 15.2. The topological polar surface area (TPSA) is 42.9 Å². The number of hydrogen-bond donors (Lipinski definition) is 2. The van der Waals surface area contributed by atoms with Gasteiger partial charge in [0.25, 0.3) is 0 Å². The van der Waals surface area contributed by atoms with Gasteiger partial charge in [0.05, 0.1) is 6.54 Å². The van der Waals surface area contributed by atoms with Crippen LogP contribution in [0, 0.1) is 0 Å². The highest BCUT2D eigenvalue weighted by Gasteiger charge is 2.27. The van der Waals surface area contributed by atoms with Crippen molar-refractivity contribution in [3.05, 3.63) is 42.0 Å². The van der Waals surface area contributed by atoms with Crippen molar-refractivity contribution in [3.63, 3.8) is 0 Å². The second-order valence-corrected chi connectivity index (χ2v) is 8.45. The van der Waals surface area contributed by atoms with Gasteiger partial charge in [-0.1, -0.05) is 30.7 Å². The summed E-state index contributed by atoms with van der Waals surface area (Å²) in [5, 5.41) is 6.95. The Balaban J connectivity index is 1.54. The average molecular weight is 384 g/mol. The normalized spacial score (nSPS) is 18.5. The molecule has 2 heterocycles. The summed E-state index contributed by atoms with van der Waals surface area (Å²) in [6.45, 7) is 13.7. The number of hydrogen-bond acceptors (Lipinski definition) is 3. The third-order valence-corrected chi connectivity index (χ3v) is 5.78. The Morgan fingerprint density at radius 2 is 1.68 bits per heavy atom. The third kappa shape index (κ3) is 5.74. The zero-order valence-electron chi connectivity index (χ0n) is 17.9. The van der Waals surface area contributed by atoms with E-state index in [9.17, 15) is 0 Å². The minimum atomic E-state index is 0.141. The van der Waals surface area contributed by atoms with Crippen molar-refractivity contribution in [2.75, 3.05) is 44.2 Å².